The van der Waals surface area contributed by atoms with E-state index in [1.54, 1.807) is 0 Å². The quantitative estimate of drug-likeness (QED) is 0.164. The van der Waals surface area contributed by atoms with Crippen molar-refractivity contribution < 1.29 is 8.83 Å². The molecular formula is C74H56B2N4O2. The van der Waals surface area contributed by atoms with E-state index in [1.165, 1.54) is 54.5 Å². The van der Waals surface area contributed by atoms with E-state index < -0.39 is 0 Å². The number of rotatable bonds is 4. The molecule has 0 amide bonds. The average molecular weight is 1050 g/mol. The molecule has 4 aliphatic rings. The lowest BCUT2D eigenvalue weighted by Gasteiger charge is -2.46. The maximum absolute atomic E-state index is 7.49. The van der Waals surface area contributed by atoms with Crippen LogP contribution in [0, 0.1) is 0 Å². The molecule has 13 aromatic rings. The predicted octanol–water partition coefficient (Wildman–Crippen LogP) is 16.2. The van der Waals surface area contributed by atoms with Crippen LogP contribution in [0.2, 0.25) is 0 Å². The van der Waals surface area contributed by atoms with Crippen molar-refractivity contribution in [2.24, 2.45) is 0 Å². The van der Waals surface area contributed by atoms with E-state index in [0.29, 0.717) is 0 Å². The molecule has 4 aliphatic heterocycles. The normalized spacial score (nSPS) is 14.1. The van der Waals surface area contributed by atoms with Crippen molar-refractivity contribution >= 4 is 158 Å². The van der Waals surface area contributed by atoms with Gasteiger partial charge in [0.1, 0.15) is 11.2 Å². The maximum atomic E-state index is 7.49. The molecule has 0 atom stereocenters. The van der Waals surface area contributed by atoms with Gasteiger partial charge in [0.25, 0.3) is 13.4 Å². The van der Waals surface area contributed by atoms with E-state index in [-0.39, 0.29) is 24.3 Å². The molecule has 0 saturated carbocycles. The summed E-state index contributed by atoms with van der Waals surface area (Å²) in [6.07, 6.45) is 0. The van der Waals surface area contributed by atoms with Crippen LogP contribution in [-0.4, -0.2) is 13.4 Å². The summed E-state index contributed by atoms with van der Waals surface area (Å²) >= 11 is 0. The molecule has 0 unspecified atom stereocenters. The molecule has 0 fully saturated rings. The summed E-state index contributed by atoms with van der Waals surface area (Å²) in [5.41, 5.74) is 23.8. The van der Waals surface area contributed by atoms with E-state index >= 15 is 0 Å². The largest absolute Gasteiger partial charge is 0.468 e. The Morgan fingerprint density at radius 3 is 1.07 bits per heavy atom. The van der Waals surface area contributed by atoms with Crippen LogP contribution in [-0.2, 0) is 10.8 Å². The number of benzene rings is 11. The molecule has 0 spiro atoms. The van der Waals surface area contributed by atoms with Gasteiger partial charge in [0.05, 0.1) is 34.1 Å². The molecule has 17 rings (SSSR count). The van der Waals surface area contributed by atoms with Crippen LogP contribution < -0.4 is 52.8 Å². The van der Waals surface area contributed by atoms with Gasteiger partial charge in [-0.15, -0.1) is 0 Å². The zero-order chi connectivity index (χ0) is 54.9. The summed E-state index contributed by atoms with van der Waals surface area (Å²) in [6.45, 7) is 13.5. The highest BCUT2D eigenvalue weighted by Gasteiger charge is 2.52. The monoisotopic (exact) mass is 1050 g/mol. The van der Waals surface area contributed by atoms with Crippen molar-refractivity contribution in [3.63, 3.8) is 0 Å². The van der Waals surface area contributed by atoms with Crippen molar-refractivity contribution in [3.8, 4) is 0 Å². The first-order valence-electron chi connectivity index (χ1n) is 28.8. The molecule has 11 aromatic carbocycles. The van der Waals surface area contributed by atoms with Gasteiger partial charge in [-0.3, -0.25) is 0 Å². The van der Waals surface area contributed by atoms with Crippen molar-refractivity contribution in [3.05, 3.63) is 242 Å². The number of hydrogen-bond donors (Lipinski definition) is 0. The Bertz CT molecular complexity index is 4530. The first-order valence-corrected chi connectivity index (χ1v) is 28.8. The van der Waals surface area contributed by atoms with Crippen LogP contribution >= 0.6 is 0 Å². The average Bonchev–Trinajstić information content (AvgIpc) is 1.39. The van der Waals surface area contributed by atoms with Gasteiger partial charge in [-0.2, -0.15) is 0 Å². The molecule has 6 heterocycles. The van der Waals surface area contributed by atoms with Crippen LogP contribution in [0.4, 0.5) is 68.2 Å². The molecule has 0 aliphatic carbocycles. The minimum Gasteiger partial charge on any atom is -0.468 e. The van der Waals surface area contributed by atoms with Crippen LogP contribution in [0.5, 0.6) is 0 Å². The molecule has 0 radical (unpaired) electrons. The summed E-state index contributed by atoms with van der Waals surface area (Å²) in [5, 5.41) is 6.90. The van der Waals surface area contributed by atoms with Crippen LogP contribution in [0.3, 0.4) is 0 Å². The lowest BCUT2D eigenvalue weighted by atomic mass is 9.32. The van der Waals surface area contributed by atoms with Gasteiger partial charge in [0.2, 0.25) is 0 Å². The molecule has 6 nitrogen and oxygen atoms in total. The molecule has 2 aromatic heterocycles. The highest BCUT2D eigenvalue weighted by molar-refractivity contribution is 7.02. The lowest BCUT2D eigenvalue weighted by Crippen LogP contribution is -2.65. The minimum atomic E-state index is -0.303. The third-order valence-electron chi connectivity index (χ3n) is 18.0. The number of furan rings is 2. The summed E-state index contributed by atoms with van der Waals surface area (Å²) < 4.78 is 15.0. The van der Waals surface area contributed by atoms with Gasteiger partial charge >= 0.3 is 0 Å². The SMILES string of the molecule is CC(C)(C)c1cc2c3c(c1)N(c1ccccc1)c1c(oc4ccccc14)B3c1cc3c(cc1N2c1cccc2ccccc12)N(c1cccc2ccccc12)c1cc(C(C)(C)C)cc2c1B3c1oc3ccccc3c1N2c1ccccc1. The molecule has 0 bridgehead atoms. The third-order valence-corrected chi connectivity index (χ3v) is 18.0. The van der Waals surface area contributed by atoms with Gasteiger partial charge in [0.15, 0.2) is 0 Å². The number of para-hydroxylation sites is 4. The van der Waals surface area contributed by atoms with Crippen LogP contribution in [0.1, 0.15) is 52.7 Å². The summed E-state index contributed by atoms with van der Waals surface area (Å²) in [4.78, 5) is 10.2. The topological polar surface area (TPSA) is 39.2 Å². The number of nitrogens with zero attached hydrogens (tertiary/aromatic N) is 4. The number of anilines is 12. The van der Waals surface area contributed by atoms with Crippen molar-refractivity contribution in [1.82, 2.24) is 0 Å². The second-order valence-corrected chi connectivity index (χ2v) is 24.8. The fraction of sp³-hybridized carbons (Fsp3) is 0.108. The summed E-state index contributed by atoms with van der Waals surface area (Å²) in [6, 6.07) is 85.5. The smallest absolute Gasteiger partial charge is 0.297 e. The molecule has 8 heteroatoms. The van der Waals surface area contributed by atoms with E-state index in [9.17, 15) is 0 Å². The molecular weight excluding hydrogens is 998 g/mol. The van der Waals surface area contributed by atoms with E-state index in [0.717, 1.165) is 102 Å². The minimum absolute atomic E-state index is 0.209. The molecule has 0 saturated heterocycles. The summed E-state index contributed by atoms with van der Waals surface area (Å²) in [7, 11) is 0. The Morgan fingerprint density at radius 2 is 0.659 bits per heavy atom. The number of hydrogen-bond acceptors (Lipinski definition) is 6. The zero-order valence-corrected chi connectivity index (χ0v) is 46.7. The summed E-state index contributed by atoms with van der Waals surface area (Å²) in [5.74, 6) is 0. The fourth-order valence-electron chi connectivity index (χ4n) is 14.2. The Balaban J connectivity index is 1.06. The van der Waals surface area contributed by atoms with Gasteiger partial charge in [-0.25, -0.2) is 0 Å². The van der Waals surface area contributed by atoms with Gasteiger partial charge in [0, 0.05) is 67.0 Å². The Morgan fingerprint density at radius 1 is 0.305 bits per heavy atom. The first kappa shape index (κ1) is 47.2. The lowest BCUT2D eigenvalue weighted by molar-refractivity contribution is 0.590. The molecule has 390 valence electrons. The van der Waals surface area contributed by atoms with Crippen LogP contribution in [0.15, 0.2) is 239 Å². The first-order chi connectivity index (χ1) is 40.0. The third kappa shape index (κ3) is 6.60. The second kappa shape index (κ2) is 16.9. The van der Waals surface area contributed by atoms with Gasteiger partial charge < -0.3 is 28.4 Å². The van der Waals surface area contributed by atoms with E-state index in [2.05, 4.69) is 292 Å². The predicted molar refractivity (Wildman–Crippen MR) is 346 cm³/mol. The van der Waals surface area contributed by atoms with Gasteiger partial charge in [-0.05, 0) is 146 Å². The Hall–Kier alpha value is -9.65. The van der Waals surface area contributed by atoms with Crippen molar-refractivity contribution in [2.45, 2.75) is 52.4 Å². The Kier molecular flexibility index (Phi) is 9.75. The molecule has 0 N–H and O–H groups in total. The van der Waals surface area contributed by atoms with E-state index in [1.807, 2.05) is 0 Å². The highest BCUT2D eigenvalue weighted by atomic mass is 16.3. The number of fused-ring (bicyclic) bond motifs is 14. The molecule has 82 heavy (non-hydrogen) atoms. The standard InChI is InChI=1S/C74H56B2N4O2/c1-73(2,3)47-39-61-67-63(41-47)79(57-35-21-25-45-23-13-15-31-51(45)57)59-44-60-56(43-55(59)75(67)71-69(53-33-17-19-37-65(53)81-71)77(61)49-27-9-7-10-28-49)76-68-62(78(50-29-11-8-12-30-50)70-54-34-18-20-38-66(54)82-72(70)76)40-48(74(4,5)6)42-64(68)80(60)58-36-22-26-46-24-14-16-32-52(46)58/h7-44H,1-6H3. The van der Waals surface area contributed by atoms with Crippen molar-refractivity contribution in [2.75, 3.05) is 19.6 Å². The van der Waals surface area contributed by atoms with Crippen LogP contribution in [0.25, 0.3) is 43.5 Å². The highest BCUT2D eigenvalue weighted by Crippen LogP contribution is 2.53. The second-order valence-electron chi connectivity index (χ2n) is 24.8. The van der Waals surface area contributed by atoms with Gasteiger partial charge in [-0.1, -0.05) is 181 Å². The van der Waals surface area contributed by atoms with E-state index in [4.69, 9.17) is 8.83 Å². The Labute approximate surface area is 478 Å². The maximum Gasteiger partial charge on any atom is 0.297 e. The zero-order valence-electron chi connectivity index (χ0n) is 46.7. The van der Waals surface area contributed by atoms with Crippen molar-refractivity contribution in [1.29, 1.82) is 0 Å². The fourth-order valence-corrected chi connectivity index (χ4v) is 14.2.